The molecule has 0 amide bonds. The zero-order valence-corrected chi connectivity index (χ0v) is 14.0. The molecular formula is C16H27NO3S. The number of unbranched alkanes of at least 4 members (excludes halogenated alkanes) is 5. The van der Waals surface area contributed by atoms with Gasteiger partial charge in [-0.25, -0.2) is 4.79 Å². The third kappa shape index (κ3) is 12.5. The lowest BCUT2D eigenvalue weighted by Crippen LogP contribution is -2.13. The van der Waals surface area contributed by atoms with Gasteiger partial charge in [0.1, 0.15) is 5.40 Å². The molecule has 21 heavy (non-hydrogen) atoms. The highest BCUT2D eigenvalue weighted by molar-refractivity contribution is 8.03. The van der Waals surface area contributed by atoms with Crippen LogP contribution >= 0.6 is 11.8 Å². The number of nitriles is 1. The number of rotatable bonds is 13. The van der Waals surface area contributed by atoms with E-state index in [4.69, 9.17) is 14.7 Å². The van der Waals surface area contributed by atoms with Crippen LogP contribution in [0, 0.1) is 10.7 Å². The van der Waals surface area contributed by atoms with Gasteiger partial charge in [-0.1, -0.05) is 38.7 Å². The molecule has 0 spiro atoms. The van der Waals surface area contributed by atoms with Crippen molar-refractivity contribution < 1.29 is 14.3 Å². The number of methoxy groups -OCH3 is 1. The second-order valence-electron chi connectivity index (χ2n) is 5.09. The standard InChI is InChI=1S/C16H27NO3S/c1-14(2)16(18)20-11-9-7-5-4-6-8-10-15(19-3)12-21-13-17/h15H,1,4-12H2,2-3H3. The number of thiocyanates is 1. The number of thioether (sulfide) groups is 1. The van der Waals surface area contributed by atoms with Crippen LogP contribution in [0.2, 0.25) is 0 Å². The topological polar surface area (TPSA) is 59.3 Å². The molecule has 1 unspecified atom stereocenters. The lowest BCUT2D eigenvalue weighted by Gasteiger charge is -2.12. The van der Waals surface area contributed by atoms with Crippen molar-refractivity contribution in [2.24, 2.45) is 0 Å². The minimum Gasteiger partial charge on any atom is -0.462 e. The van der Waals surface area contributed by atoms with E-state index < -0.39 is 0 Å². The molecule has 4 nitrogen and oxygen atoms in total. The maximum absolute atomic E-state index is 11.1. The van der Waals surface area contributed by atoms with Gasteiger partial charge in [0.2, 0.25) is 0 Å². The van der Waals surface area contributed by atoms with E-state index in [1.54, 1.807) is 14.0 Å². The number of esters is 1. The van der Waals surface area contributed by atoms with Crippen molar-refractivity contribution in [1.82, 2.24) is 0 Å². The number of hydrogen-bond donors (Lipinski definition) is 0. The van der Waals surface area contributed by atoms with Crippen molar-refractivity contribution in [3.8, 4) is 5.40 Å². The maximum atomic E-state index is 11.1. The van der Waals surface area contributed by atoms with E-state index in [1.807, 2.05) is 0 Å². The van der Waals surface area contributed by atoms with Gasteiger partial charge in [-0.05, 0) is 31.5 Å². The van der Waals surface area contributed by atoms with Gasteiger partial charge >= 0.3 is 5.97 Å². The van der Waals surface area contributed by atoms with Crippen molar-refractivity contribution in [2.45, 2.75) is 58.0 Å². The van der Waals surface area contributed by atoms with E-state index in [-0.39, 0.29) is 12.1 Å². The lowest BCUT2D eigenvalue weighted by atomic mass is 10.1. The van der Waals surface area contributed by atoms with E-state index in [0.29, 0.717) is 12.2 Å². The first-order valence-electron chi connectivity index (χ1n) is 7.48. The summed E-state index contributed by atoms with van der Waals surface area (Å²) in [6.45, 7) is 5.69. The maximum Gasteiger partial charge on any atom is 0.333 e. The lowest BCUT2D eigenvalue weighted by molar-refractivity contribution is -0.139. The number of carbonyl (C=O) groups excluding carboxylic acids is 1. The normalized spacial score (nSPS) is 11.7. The Morgan fingerprint density at radius 2 is 1.86 bits per heavy atom. The van der Waals surface area contributed by atoms with Gasteiger partial charge in [-0.15, -0.1) is 0 Å². The zero-order chi connectivity index (χ0) is 15.9. The van der Waals surface area contributed by atoms with Crippen LogP contribution in [0.5, 0.6) is 0 Å². The molecule has 0 heterocycles. The molecule has 0 radical (unpaired) electrons. The molecule has 0 fully saturated rings. The largest absolute Gasteiger partial charge is 0.462 e. The minimum absolute atomic E-state index is 0.191. The van der Waals surface area contributed by atoms with E-state index in [1.165, 1.54) is 24.6 Å². The molecule has 0 bridgehead atoms. The summed E-state index contributed by atoms with van der Waals surface area (Å²) in [6.07, 6.45) is 7.88. The summed E-state index contributed by atoms with van der Waals surface area (Å²) in [6, 6.07) is 0. The molecular weight excluding hydrogens is 286 g/mol. The van der Waals surface area contributed by atoms with E-state index >= 15 is 0 Å². The van der Waals surface area contributed by atoms with Crippen molar-refractivity contribution in [3.05, 3.63) is 12.2 Å². The molecule has 120 valence electrons. The highest BCUT2D eigenvalue weighted by atomic mass is 32.2. The van der Waals surface area contributed by atoms with Crippen LogP contribution in [-0.4, -0.2) is 31.5 Å². The van der Waals surface area contributed by atoms with E-state index in [0.717, 1.165) is 37.9 Å². The summed E-state index contributed by atoms with van der Waals surface area (Å²) < 4.78 is 10.4. The molecule has 0 aliphatic heterocycles. The summed E-state index contributed by atoms with van der Waals surface area (Å²) in [5.41, 5.74) is 0.456. The Bertz CT molecular complexity index is 339. The highest BCUT2D eigenvalue weighted by Crippen LogP contribution is 2.13. The molecule has 0 saturated carbocycles. The predicted octanol–water partition coefficient (Wildman–Crippen LogP) is 4.07. The predicted molar refractivity (Wildman–Crippen MR) is 87.0 cm³/mol. The van der Waals surface area contributed by atoms with E-state index in [9.17, 15) is 4.79 Å². The van der Waals surface area contributed by atoms with Crippen LogP contribution in [0.4, 0.5) is 0 Å². The van der Waals surface area contributed by atoms with Gasteiger partial charge in [0.05, 0.1) is 12.7 Å². The van der Waals surface area contributed by atoms with Crippen LogP contribution in [0.15, 0.2) is 12.2 Å². The Kier molecular flexibility index (Phi) is 13.3. The van der Waals surface area contributed by atoms with Gasteiger partial charge in [-0.2, -0.15) is 5.26 Å². The van der Waals surface area contributed by atoms with Crippen LogP contribution < -0.4 is 0 Å². The van der Waals surface area contributed by atoms with Crippen LogP contribution in [0.3, 0.4) is 0 Å². The third-order valence-corrected chi connectivity index (χ3v) is 3.84. The average molecular weight is 313 g/mol. The van der Waals surface area contributed by atoms with Crippen LogP contribution in [0.1, 0.15) is 51.9 Å². The number of hydrogen-bond acceptors (Lipinski definition) is 5. The van der Waals surface area contributed by atoms with Crippen LogP contribution in [-0.2, 0) is 14.3 Å². The third-order valence-electron chi connectivity index (χ3n) is 3.17. The Hall–Kier alpha value is -0.990. The van der Waals surface area contributed by atoms with Crippen LogP contribution in [0.25, 0.3) is 0 Å². The molecule has 0 rings (SSSR count). The molecule has 0 aromatic carbocycles. The number of ether oxygens (including phenoxy) is 2. The monoisotopic (exact) mass is 313 g/mol. The second kappa shape index (κ2) is 14.0. The van der Waals surface area contributed by atoms with Gasteiger partial charge in [0.25, 0.3) is 0 Å². The highest BCUT2D eigenvalue weighted by Gasteiger charge is 2.06. The SMILES string of the molecule is C=C(C)C(=O)OCCCCCCCCC(CSC#N)OC. The smallest absolute Gasteiger partial charge is 0.333 e. The van der Waals surface area contributed by atoms with Gasteiger partial charge in [0.15, 0.2) is 0 Å². The Balaban J connectivity index is 3.34. The zero-order valence-electron chi connectivity index (χ0n) is 13.2. The second-order valence-corrected chi connectivity index (χ2v) is 5.89. The molecule has 0 aliphatic rings. The Morgan fingerprint density at radius 3 is 2.43 bits per heavy atom. The van der Waals surface area contributed by atoms with Crippen molar-refractivity contribution >= 4 is 17.7 Å². The fraction of sp³-hybridized carbons (Fsp3) is 0.750. The number of carbonyl (C=O) groups is 1. The molecule has 0 N–H and O–H groups in total. The minimum atomic E-state index is -0.296. The summed E-state index contributed by atoms with van der Waals surface area (Å²) in [5, 5.41) is 10.6. The fourth-order valence-electron chi connectivity index (χ4n) is 1.87. The van der Waals surface area contributed by atoms with Gasteiger partial charge in [-0.3, -0.25) is 0 Å². The van der Waals surface area contributed by atoms with Crippen molar-refractivity contribution in [1.29, 1.82) is 5.26 Å². The van der Waals surface area contributed by atoms with Crippen molar-refractivity contribution in [3.63, 3.8) is 0 Å². The molecule has 0 aliphatic carbocycles. The summed E-state index contributed by atoms with van der Waals surface area (Å²) in [7, 11) is 1.70. The average Bonchev–Trinajstić information content (AvgIpc) is 2.48. The summed E-state index contributed by atoms with van der Waals surface area (Å²) in [5.74, 6) is 0.456. The van der Waals surface area contributed by atoms with E-state index in [2.05, 4.69) is 12.0 Å². The Labute approximate surface area is 132 Å². The first-order chi connectivity index (χ1) is 10.1. The Morgan fingerprint density at radius 1 is 1.24 bits per heavy atom. The molecule has 0 saturated heterocycles. The first kappa shape index (κ1) is 20.0. The summed E-state index contributed by atoms with van der Waals surface area (Å²) >= 11 is 1.26. The first-order valence-corrected chi connectivity index (χ1v) is 8.46. The quantitative estimate of drug-likeness (QED) is 0.222. The summed E-state index contributed by atoms with van der Waals surface area (Å²) in [4.78, 5) is 11.1. The number of nitrogens with zero attached hydrogens (tertiary/aromatic N) is 1. The van der Waals surface area contributed by atoms with Gasteiger partial charge in [0, 0.05) is 18.4 Å². The van der Waals surface area contributed by atoms with Gasteiger partial charge < -0.3 is 9.47 Å². The fourth-order valence-corrected chi connectivity index (χ4v) is 2.43. The molecule has 1 atom stereocenters. The molecule has 0 aromatic rings. The van der Waals surface area contributed by atoms with Crippen molar-refractivity contribution in [2.75, 3.05) is 19.5 Å². The molecule has 5 heteroatoms. The molecule has 0 aromatic heterocycles.